The molecule has 4 nitrogen and oxygen atoms in total. The molecular formula is C19H20ClNO3. The Kier molecular flexibility index (Phi) is 4.90. The smallest absolute Gasteiger partial charge is 0.323 e. The number of carbonyl (C=O) groups is 1. The molecule has 2 atom stereocenters. The highest BCUT2D eigenvalue weighted by Crippen LogP contribution is 2.44. The lowest BCUT2D eigenvalue weighted by molar-refractivity contribution is -0.146. The number of aliphatic hydroxyl groups excluding tert-OH is 1. The van der Waals surface area contributed by atoms with Crippen molar-refractivity contribution in [1.29, 1.82) is 0 Å². The SMILES string of the molecule is Cl.O=C(OCC1c2ccccc2-c2ccccc21)[C@@H]1C[C@@H](O)CN1. The summed E-state index contributed by atoms with van der Waals surface area (Å²) in [5.74, 6) is -0.193. The maximum absolute atomic E-state index is 12.2. The first kappa shape index (κ1) is 17.0. The zero-order valence-electron chi connectivity index (χ0n) is 13.1. The molecule has 126 valence electrons. The van der Waals surface area contributed by atoms with Crippen molar-refractivity contribution in [3.8, 4) is 11.1 Å². The molecule has 2 aromatic carbocycles. The van der Waals surface area contributed by atoms with Gasteiger partial charge in [0.2, 0.25) is 0 Å². The van der Waals surface area contributed by atoms with Crippen molar-refractivity contribution in [2.45, 2.75) is 24.5 Å². The Morgan fingerprint density at radius 2 is 1.67 bits per heavy atom. The average molecular weight is 346 g/mol. The molecule has 1 aliphatic heterocycles. The number of carbonyl (C=O) groups excluding carboxylic acids is 1. The number of aliphatic hydroxyl groups is 1. The molecule has 2 N–H and O–H groups in total. The fourth-order valence-electron chi connectivity index (χ4n) is 3.60. The summed E-state index contributed by atoms with van der Waals surface area (Å²) in [5, 5.41) is 12.5. The third kappa shape index (κ3) is 2.93. The van der Waals surface area contributed by atoms with E-state index in [9.17, 15) is 9.90 Å². The van der Waals surface area contributed by atoms with Gasteiger partial charge in [0.25, 0.3) is 0 Å². The summed E-state index contributed by atoms with van der Waals surface area (Å²) >= 11 is 0. The number of rotatable bonds is 3. The lowest BCUT2D eigenvalue weighted by atomic mass is 9.98. The Balaban J connectivity index is 0.00000169. The van der Waals surface area contributed by atoms with E-state index in [4.69, 9.17) is 4.74 Å². The standard InChI is InChI=1S/C19H19NO3.ClH/c21-12-9-18(20-10-12)19(22)23-11-17-15-7-3-1-5-13(15)14-6-2-4-8-16(14)17;/h1-8,12,17-18,20-21H,9-11H2;1H/t12-,18+;/m1./s1. The van der Waals surface area contributed by atoms with Crippen LogP contribution in [0.3, 0.4) is 0 Å². The third-order valence-corrected chi connectivity index (χ3v) is 4.75. The van der Waals surface area contributed by atoms with E-state index >= 15 is 0 Å². The minimum Gasteiger partial charge on any atom is -0.464 e. The van der Waals surface area contributed by atoms with Crippen LogP contribution < -0.4 is 5.32 Å². The first-order chi connectivity index (χ1) is 11.2. The second-order valence-electron chi connectivity index (χ2n) is 6.21. The van der Waals surface area contributed by atoms with Crippen molar-refractivity contribution in [3.63, 3.8) is 0 Å². The third-order valence-electron chi connectivity index (χ3n) is 4.75. The summed E-state index contributed by atoms with van der Waals surface area (Å²) in [4.78, 5) is 12.2. The normalized spacial score (nSPS) is 21.7. The first-order valence-electron chi connectivity index (χ1n) is 8.00. The highest BCUT2D eigenvalue weighted by molar-refractivity contribution is 5.85. The van der Waals surface area contributed by atoms with Crippen LogP contribution in [0.25, 0.3) is 11.1 Å². The van der Waals surface area contributed by atoms with Gasteiger partial charge in [-0.1, -0.05) is 48.5 Å². The predicted molar refractivity (Wildman–Crippen MR) is 94.3 cm³/mol. The van der Waals surface area contributed by atoms with Crippen LogP contribution in [-0.4, -0.2) is 36.4 Å². The van der Waals surface area contributed by atoms with E-state index in [1.54, 1.807) is 0 Å². The van der Waals surface area contributed by atoms with Crippen molar-refractivity contribution < 1.29 is 14.6 Å². The van der Waals surface area contributed by atoms with E-state index in [0.717, 1.165) is 0 Å². The average Bonchev–Trinajstić information content (AvgIpc) is 3.15. The summed E-state index contributed by atoms with van der Waals surface area (Å²) in [6, 6.07) is 16.2. The Morgan fingerprint density at radius 3 is 2.21 bits per heavy atom. The van der Waals surface area contributed by atoms with E-state index in [2.05, 4.69) is 29.6 Å². The number of hydrogen-bond acceptors (Lipinski definition) is 4. The summed E-state index contributed by atoms with van der Waals surface area (Å²) in [7, 11) is 0. The van der Waals surface area contributed by atoms with Gasteiger partial charge in [0, 0.05) is 18.9 Å². The molecule has 4 rings (SSSR count). The summed E-state index contributed by atoms with van der Waals surface area (Å²) in [6.07, 6.45) is -0.0306. The van der Waals surface area contributed by atoms with E-state index in [-0.39, 0.29) is 24.3 Å². The number of fused-ring (bicyclic) bond motifs is 3. The largest absolute Gasteiger partial charge is 0.464 e. The number of β-amino-alcohol motifs (C(OH)–C–C–N with tert-alkyl or cyclic N) is 1. The van der Waals surface area contributed by atoms with Crippen LogP contribution in [0.1, 0.15) is 23.5 Å². The molecule has 1 aliphatic carbocycles. The minimum absolute atomic E-state index is 0. The molecule has 0 aromatic heterocycles. The van der Waals surface area contributed by atoms with Crippen molar-refractivity contribution >= 4 is 18.4 Å². The number of ether oxygens (including phenoxy) is 1. The molecular weight excluding hydrogens is 326 g/mol. The molecule has 5 heteroatoms. The van der Waals surface area contributed by atoms with Crippen LogP contribution in [0.15, 0.2) is 48.5 Å². The Hall–Kier alpha value is -1.88. The Morgan fingerprint density at radius 1 is 1.08 bits per heavy atom. The van der Waals surface area contributed by atoms with Gasteiger partial charge in [-0.2, -0.15) is 0 Å². The fraction of sp³-hybridized carbons (Fsp3) is 0.316. The number of esters is 1. The number of benzene rings is 2. The van der Waals surface area contributed by atoms with Crippen molar-refractivity contribution in [1.82, 2.24) is 5.32 Å². The van der Waals surface area contributed by atoms with Crippen molar-refractivity contribution in [3.05, 3.63) is 59.7 Å². The van der Waals surface area contributed by atoms with E-state index in [0.29, 0.717) is 19.6 Å². The van der Waals surface area contributed by atoms with Crippen LogP contribution in [0, 0.1) is 0 Å². The molecule has 0 saturated carbocycles. The molecule has 2 aliphatic rings. The Labute approximate surface area is 147 Å². The topological polar surface area (TPSA) is 58.6 Å². The molecule has 2 aromatic rings. The zero-order chi connectivity index (χ0) is 15.8. The lowest BCUT2D eigenvalue weighted by Gasteiger charge is -2.16. The zero-order valence-corrected chi connectivity index (χ0v) is 14.0. The van der Waals surface area contributed by atoms with Gasteiger partial charge in [0.1, 0.15) is 12.6 Å². The van der Waals surface area contributed by atoms with Gasteiger partial charge in [0.05, 0.1) is 6.10 Å². The van der Waals surface area contributed by atoms with Crippen LogP contribution in [0.2, 0.25) is 0 Å². The van der Waals surface area contributed by atoms with Gasteiger partial charge in [-0.3, -0.25) is 4.79 Å². The van der Waals surface area contributed by atoms with Gasteiger partial charge in [-0.15, -0.1) is 12.4 Å². The molecule has 0 bridgehead atoms. The van der Waals surface area contributed by atoms with E-state index in [1.165, 1.54) is 22.3 Å². The van der Waals surface area contributed by atoms with Gasteiger partial charge in [0.15, 0.2) is 0 Å². The van der Waals surface area contributed by atoms with Gasteiger partial charge >= 0.3 is 5.97 Å². The van der Waals surface area contributed by atoms with Crippen LogP contribution >= 0.6 is 12.4 Å². The monoisotopic (exact) mass is 345 g/mol. The maximum atomic E-state index is 12.2. The predicted octanol–water partition coefficient (Wildman–Crippen LogP) is 2.49. The molecule has 0 spiro atoms. The molecule has 0 amide bonds. The number of nitrogens with one attached hydrogen (secondary N) is 1. The summed E-state index contributed by atoms with van der Waals surface area (Å²) < 4.78 is 5.56. The van der Waals surface area contributed by atoms with Crippen LogP contribution in [-0.2, 0) is 9.53 Å². The second-order valence-corrected chi connectivity index (χ2v) is 6.21. The van der Waals surface area contributed by atoms with E-state index in [1.807, 2.05) is 24.3 Å². The second kappa shape index (κ2) is 6.93. The maximum Gasteiger partial charge on any atom is 0.323 e. The summed E-state index contributed by atoms with van der Waals surface area (Å²) in [6.45, 7) is 0.788. The minimum atomic E-state index is -0.458. The fourth-order valence-corrected chi connectivity index (χ4v) is 3.60. The Bertz CT molecular complexity index is 703. The molecule has 1 fully saturated rings. The van der Waals surface area contributed by atoms with Gasteiger partial charge in [-0.25, -0.2) is 0 Å². The molecule has 0 unspecified atom stereocenters. The van der Waals surface area contributed by atoms with Gasteiger partial charge in [-0.05, 0) is 22.3 Å². The molecule has 0 radical (unpaired) electrons. The van der Waals surface area contributed by atoms with Crippen molar-refractivity contribution in [2.75, 3.05) is 13.2 Å². The van der Waals surface area contributed by atoms with E-state index < -0.39 is 12.1 Å². The molecule has 1 heterocycles. The molecule has 24 heavy (non-hydrogen) atoms. The van der Waals surface area contributed by atoms with Gasteiger partial charge < -0.3 is 15.2 Å². The number of halogens is 1. The highest BCUT2D eigenvalue weighted by Gasteiger charge is 2.32. The highest BCUT2D eigenvalue weighted by atomic mass is 35.5. The number of hydrogen-bond donors (Lipinski definition) is 2. The quantitative estimate of drug-likeness (QED) is 0.839. The van der Waals surface area contributed by atoms with Crippen LogP contribution in [0.4, 0.5) is 0 Å². The summed E-state index contributed by atoms with van der Waals surface area (Å²) in [5.41, 5.74) is 4.86. The van der Waals surface area contributed by atoms with Crippen LogP contribution in [0.5, 0.6) is 0 Å². The van der Waals surface area contributed by atoms with Crippen molar-refractivity contribution in [2.24, 2.45) is 0 Å². The molecule has 1 saturated heterocycles. The first-order valence-corrected chi connectivity index (χ1v) is 8.00. The lowest BCUT2D eigenvalue weighted by Crippen LogP contribution is -2.33.